The van der Waals surface area contributed by atoms with E-state index in [1.54, 1.807) is 13.8 Å². The van der Waals surface area contributed by atoms with Crippen molar-refractivity contribution in [3.05, 3.63) is 0 Å². The maximum Gasteiger partial charge on any atom is 0.229 e. The number of aliphatic hydroxyl groups is 1. The predicted octanol–water partition coefficient (Wildman–Crippen LogP) is 1.39. The van der Waals surface area contributed by atoms with Gasteiger partial charge in [-0.2, -0.15) is 0 Å². The van der Waals surface area contributed by atoms with Crippen LogP contribution in [0.4, 0.5) is 0 Å². The number of carbonyl (C=O) groups is 3. The fraction of sp³-hybridized carbons (Fsp3) is 0.842. The van der Waals surface area contributed by atoms with Gasteiger partial charge in [0.05, 0.1) is 18.8 Å². The average Bonchev–Trinajstić information content (AvgIpc) is 2.63. The van der Waals surface area contributed by atoms with Gasteiger partial charge >= 0.3 is 0 Å². The maximum atomic E-state index is 12.2. The summed E-state index contributed by atoms with van der Waals surface area (Å²) in [7, 11) is 0. The van der Waals surface area contributed by atoms with Gasteiger partial charge < -0.3 is 15.2 Å². The Labute approximate surface area is 156 Å². The van der Waals surface area contributed by atoms with E-state index < -0.39 is 5.60 Å². The molecule has 0 bridgehead atoms. The summed E-state index contributed by atoms with van der Waals surface area (Å²) in [5.74, 6) is 0.281. The van der Waals surface area contributed by atoms with E-state index in [0.29, 0.717) is 25.5 Å². The van der Waals surface area contributed by atoms with E-state index in [9.17, 15) is 14.4 Å². The van der Waals surface area contributed by atoms with Gasteiger partial charge in [-0.3, -0.25) is 19.7 Å². The fourth-order valence-corrected chi connectivity index (χ4v) is 3.22. The number of hydrogen-bond donors (Lipinski definition) is 3. The van der Waals surface area contributed by atoms with Gasteiger partial charge in [0.15, 0.2) is 0 Å². The van der Waals surface area contributed by atoms with Gasteiger partial charge in [-0.1, -0.05) is 6.92 Å². The number of hydrogen-bond acceptors (Lipinski definition) is 5. The Morgan fingerprint density at radius 2 is 1.92 bits per heavy atom. The largest absolute Gasteiger partial charge is 0.393 e. The van der Waals surface area contributed by atoms with E-state index in [1.165, 1.54) is 0 Å². The smallest absolute Gasteiger partial charge is 0.229 e. The molecule has 1 atom stereocenters. The van der Waals surface area contributed by atoms with Gasteiger partial charge in [0.2, 0.25) is 18.2 Å². The predicted molar refractivity (Wildman–Crippen MR) is 98.2 cm³/mol. The summed E-state index contributed by atoms with van der Waals surface area (Å²) >= 11 is 0. The molecule has 0 aromatic heterocycles. The van der Waals surface area contributed by atoms with Crippen LogP contribution in [0, 0.1) is 17.8 Å². The molecule has 0 aromatic rings. The highest BCUT2D eigenvalue weighted by atomic mass is 16.5. The highest BCUT2D eigenvalue weighted by Crippen LogP contribution is 2.32. The highest BCUT2D eigenvalue weighted by molar-refractivity contribution is 5.87. The first kappa shape index (κ1) is 22.6. The summed E-state index contributed by atoms with van der Waals surface area (Å²) in [5.41, 5.74) is -0.581. The van der Waals surface area contributed by atoms with E-state index in [2.05, 4.69) is 10.6 Å². The summed E-state index contributed by atoms with van der Waals surface area (Å²) in [6, 6.07) is 0. The van der Waals surface area contributed by atoms with E-state index in [-0.39, 0.29) is 30.3 Å². The Morgan fingerprint density at radius 3 is 2.50 bits per heavy atom. The summed E-state index contributed by atoms with van der Waals surface area (Å²) in [5, 5.41) is 14.2. The molecule has 1 aliphatic carbocycles. The van der Waals surface area contributed by atoms with Gasteiger partial charge in [-0.15, -0.1) is 0 Å². The zero-order chi connectivity index (χ0) is 19.6. The molecule has 1 fully saturated rings. The molecule has 0 saturated heterocycles. The van der Waals surface area contributed by atoms with Crippen LogP contribution in [0.1, 0.15) is 59.3 Å². The number of ether oxygens (including phenoxy) is 1. The molecule has 1 saturated carbocycles. The van der Waals surface area contributed by atoms with Crippen LogP contribution >= 0.6 is 0 Å². The number of nitrogens with one attached hydrogen (secondary N) is 2. The molecule has 1 unspecified atom stereocenters. The second kappa shape index (κ2) is 11.3. The topological polar surface area (TPSA) is 105 Å². The molecule has 1 aliphatic rings. The van der Waals surface area contributed by atoms with Crippen LogP contribution in [0.15, 0.2) is 0 Å². The lowest BCUT2D eigenvalue weighted by atomic mass is 9.78. The third-order valence-corrected chi connectivity index (χ3v) is 5.15. The minimum absolute atomic E-state index is 0.0490. The van der Waals surface area contributed by atoms with E-state index in [1.807, 2.05) is 6.92 Å². The van der Waals surface area contributed by atoms with Gasteiger partial charge in [0, 0.05) is 18.4 Å². The number of imide groups is 1. The van der Waals surface area contributed by atoms with Crippen molar-refractivity contribution in [1.29, 1.82) is 0 Å². The molecule has 0 heterocycles. The van der Waals surface area contributed by atoms with Crippen LogP contribution in [0.2, 0.25) is 0 Å². The minimum Gasteiger partial charge on any atom is -0.393 e. The van der Waals surface area contributed by atoms with Gasteiger partial charge in [-0.05, 0) is 58.3 Å². The summed E-state index contributed by atoms with van der Waals surface area (Å²) < 4.78 is 5.51. The van der Waals surface area contributed by atoms with Gasteiger partial charge in [0.25, 0.3) is 0 Å². The van der Waals surface area contributed by atoms with Gasteiger partial charge in [-0.25, -0.2) is 0 Å². The first-order valence-electron chi connectivity index (χ1n) is 9.55. The molecule has 0 aromatic carbocycles. The van der Waals surface area contributed by atoms with Crippen molar-refractivity contribution in [3.8, 4) is 0 Å². The second-order valence-electron chi connectivity index (χ2n) is 7.88. The summed E-state index contributed by atoms with van der Waals surface area (Å²) in [4.78, 5) is 34.1. The number of carbonyl (C=O) groups excluding carboxylic acids is 3. The van der Waals surface area contributed by atoms with E-state index in [4.69, 9.17) is 9.84 Å². The van der Waals surface area contributed by atoms with Crippen LogP contribution in [0.3, 0.4) is 0 Å². The van der Waals surface area contributed by atoms with E-state index in [0.717, 1.165) is 38.5 Å². The molecule has 3 amide bonds. The van der Waals surface area contributed by atoms with Crippen LogP contribution in [-0.4, -0.2) is 48.7 Å². The molecule has 7 heteroatoms. The van der Waals surface area contributed by atoms with Crippen molar-refractivity contribution in [3.63, 3.8) is 0 Å². The zero-order valence-corrected chi connectivity index (χ0v) is 16.3. The molecular weight excluding hydrogens is 336 g/mol. The fourth-order valence-electron chi connectivity index (χ4n) is 3.22. The van der Waals surface area contributed by atoms with Gasteiger partial charge in [0.1, 0.15) is 0 Å². The Bertz CT molecular complexity index is 459. The lowest BCUT2D eigenvalue weighted by Crippen LogP contribution is -2.37. The zero-order valence-electron chi connectivity index (χ0n) is 16.3. The van der Waals surface area contributed by atoms with Crippen molar-refractivity contribution in [2.75, 3.05) is 19.8 Å². The summed E-state index contributed by atoms with van der Waals surface area (Å²) in [6.07, 6.45) is 5.87. The monoisotopic (exact) mass is 370 g/mol. The van der Waals surface area contributed by atoms with Crippen molar-refractivity contribution in [2.45, 2.75) is 64.9 Å². The average molecular weight is 370 g/mol. The molecule has 1 rings (SSSR count). The molecule has 0 radical (unpaired) electrons. The second-order valence-corrected chi connectivity index (χ2v) is 7.88. The van der Waals surface area contributed by atoms with Crippen molar-refractivity contribution < 1.29 is 24.2 Å². The summed E-state index contributed by atoms with van der Waals surface area (Å²) in [6.45, 7) is 6.22. The Balaban J connectivity index is 2.19. The molecule has 26 heavy (non-hydrogen) atoms. The SMILES string of the molecule is CC(CCC1CCC(C(=O)NCCOC(C)(C)CO)CC1)C(=O)NC=O. The lowest BCUT2D eigenvalue weighted by Gasteiger charge is -2.28. The van der Waals surface area contributed by atoms with Crippen LogP contribution in [-0.2, 0) is 19.1 Å². The van der Waals surface area contributed by atoms with E-state index >= 15 is 0 Å². The lowest BCUT2D eigenvalue weighted by molar-refractivity contribution is -0.128. The quantitative estimate of drug-likeness (QED) is 0.376. The van der Waals surface area contributed by atoms with Crippen molar-refractivity contribution in [1.82, 2.24) is 10.6 Å². The molecule has 0 spiro atoms. The molecule has 150 valence electrons. The first-order chi connectivity index (χ1) is 12.3. The van der Waals surface area contributed by atoms with Crippen molar-refractivity contribution in [2.24, 2.45) is 17.8 Å². The van der Waals surface area contributed by atoms with Crippen molar-refractivity contribution >= 4 is 18.2 Å². The Hall–Kier alpha value is -1.47. The van der Waals surface area contributed by atoms with Crippen LogP contribution in [0.5, 0.6) is 0 Å². The number of rotatable bonds is 11. The highest BCUT2D eigenvalue weighted by Gasteiger charge is 2.27. The molecular formula is C19H34N2O5. The third-order valence-electron chi connectivity index (χ3n) is 5.15. The molecule has 0 aliphatic heterocycles. The third kappa shape index (κ3) is 8.27. The number of aliphatic hydroxyl groups excluding tert-OH is 1. The Morgan fingerprint density at radius 1 is 1.27 bits per heavy atom. The number of amides is 3. The molecule has 3 N–H and O–H groups in total. The Kier molecular flexibility index (Phi) is 9.80. The standard InChI is InChI=1S/C19H34N2O5/c1-14(17(24)21-13-23)4-5-15-6-8-16(9-7-15)18(25)20-10-11-26-19(2,3)12-22/h13-16,22H,4-12H2,1-3H3,(H,20,25)(H,21,23,24). The minimum atomic E-state index is -0.581. The maximum absolute atomic E-state index is 12.2. The first-order valence-corrected chi connectivity index (χ1v) is 9.55. The normalized spacial score (nSPS) is 21.7. The van der Waals surface area contributed by atoms with Crippen LogP contribution in [0.25, 0.3) is 0 Å². The van der Waals surface area contributed by atoms with Crippen LogP contribution < -0.4 is 10.6 Å². The molecule has 7 nitrogen and oxygen atoms in total.